The van der Waals surface area contributed by atoms with Crippen LogP contribution in [0.25, 0.3) is 0 Å². The Morgan fingerprint density at radius 1 is 0.938 bits per heavy atom. The summed E-state index contributed by atoms with van der Waals surface area (Å²) in [6.45, 7) is 0. The van der Waals surface area contributed by atoms with Crippen LogP contribution in [0.2, 0.25) is 0 Å². The molecule has 0 saturated carbocycles. The van der Waals surface area contributed by atoms with Crippen LogP contribution in [0.15, 0.2) is 28.2 Å². The van der Waals surface area contributed by atoms with Gasteiger partial charge in [-0.3, -0.25) is 9.98 Å². The van der Waals surface area contributed by atoms with Gasteiger partial charge in [-0.25, -0.2) is 4.98 Å². The third-order valence-corrected chi connectivity index (χ3v) is 1.31. The van der Waals surface area contributed by atoms with Crippen LogP contribution in [0, 0.1) is 0 Å². The second-order valence-corrected chi connectivity index (χ2v) is 2.26. The van der Waals surface area contributed by atoms with Crippen LogP contribution < -0.4 is 37.2 Å². The fourth-order valence-electron chi connectivity index (χ4n) is 0.877. The molecule has 3 nitrogen and oxygen atoms in total. The normalized spacial score (nSPS) is 8.62. The number of aliphatic imine (C=N–C) groups is 2. The third kappa shape index (κ3) is 9.13. The molecule has 0 aliphatic rings. The van der Waals surface area contributed by atoms with Gasteiger partial charge in [-0.2, -0.15) is 0 Å². The maximum absolute atomic E-state index is 4.25. The van der Waals surface area contributed by atoms with E-state index in [2.05, 4.69) is 15.0 Å². The fourth-order valence-corrected chi connectivity index (χ4v) is 0.877. The minimum Gasteiger partial charge on any atom is -1.00 e. The van der Waals surface area contributed by atoms with Gasteiger partial charge in [0.05, 0.1) is 11.4 Å². The minimum atomic E-state index is 0. The summed E-state index contributed by atoms with van der Waals surface area (Å²) >= 11 is 0. The number of hydrogen-bond acceptors (Lipinski definition) is 3. The molecule has 1 radical (unpaired) electrons. The first-order chi connectivity index (χ1) is 5.86. The molecule has 0 aliphatic heterocycles. The summed E-state index contributed by atoms with van der Waals surface area (Å²) in [6.07, 6.45) is 3.43. The van der Waals surface area contributed by atoms with E-state index in [9.17, 15) is 0 Å². The predicted octanol–water partition coefficient (Wildman–Crippen LogP) is -7.81. The Labute approximate surface area is 125 Å². The molecule has 0 aromatic carbocycles. The molecule has 0 amide bonds. The molecule has 0 atom stereocenters. The van der Waals surface area contributed by atoms with Gasteiger partial charge >= 0.3 is 17.1 Å². The molecule has 1 aromatic rings. The van der Waals surface area contributed by atoms with Crippen LogP contribution in [-0.2, 0) is 17.1 Å². The summed E-state index contributed by atoms with van der Waals surface area (Å²) in [5.41, 5.74) is 1.71. The van der Waals surface area contributed by atoms with E-state index in [0.717, 1.165) is 11.4 Å². The summed E-state index contributed by atoms with van der Waals surface area (Å²) in [7, 11) is 3.45. The number of rotatable bonds is 2. The first-order valence-corrected chi connectivity index (χ1v) is 3.68. The monoisotopic (exact) mass is 322 g/mol. The molecule has 0 aliphatic carbocycles. The van der Waals surface area contributed by atoms with Crippen molar-refractivity contribution in [1.29, 1.82) is 0 Å². The zero-order chi connectivity index (χ0) is 8.81. The van der Waals surface area contributed by atoms with Crippen molar-refractivity contribution in [1.82, 2.24) is 4.98 Å². The van der Waals surface area contributed by atoms with E-state index in [0.29, 0.717) is 0 Å². The van der Waals surface area contributed by atoms with E-state index in [1.54, 1.807) is 26.5 Å². The first kappa shape index (κ1) is 24.9. The predicted molar refractivity (Wildman–Crippen MR) is 51.3 cm³/mol. The molecule has 0 N–H and O–H groups in total. The molecule has 7 heteroatoms. The third-order valence-electron chi connectivity index (χ3n) is 1.31. The van der Waals surface area contributed by atoms with E-state index >= 15 is 0 Å². The van der Waals surface area contributed by atoms with E-state index in [4.69, 9.17) is 0 Å². The second kappa shape index (κ2) is 14.9. The molecule has 1 heterocycles. The maximum Gasteiger partial charge on any atom is 3.00 e. The quantitative estimate of drug-likeness (QED) is 0.394. The molecule has 0 bridgehead atoms. The van der Waals surface area contributed by atoms with Gasteiger partial charge in [0.15, 0.2) is 0 Å². The fraction of sp³-hybridized carbons (Fsp3) is 0.222. The summed E-state index contributed by atoms with van der Waals surface area (Å²) in [6, 6.07) is 5.74. The van der Waals surface area contributed by atoms with E-state index in [1.807, 2.05) is 18.2 Å². The van der Waals surface area contributed by atoms with Gasteiger partial charge in [-0.15, -0.1) is 0 Å². The average molecular weight is 323 g/mol. The van der Waals surface area contributed by atoms with Gasteiger partial charge in [-0.1, -0.05) is 6.07 Å². The molecule has 0 fully saturated rings. The smallest absolute Gasteiger partial charge is 1.00 e. The molecular formula is C9H11Cl3FeN3. The van der Waals surface area contributed by atoms with Gasteiger partial charge in [-0.05, 0) is 12.1 Å². The van der Waals surface area contributed by atoms with Crippen molar-refractivity contribution in [3.63, 3.8) is 0 Å². The van der Waals surface area contributed by atoms with Crippen molar-refractivity contribution in [2.24, 2.45) is 9.98 Å². The van der Waals surface area contributed by atoms with Crippen molar-refractivity contribution in [2.75, 3.05) is 14.1 Å². The van der Waals surface area contributed by atoms with Crippen molar-refractivity contribution < 1.29 is 54.3 Å². The van der Waals surface area contributed by atoms with Crippen molar-refractivity contribution in [3.8, 4) is 0 Å². The van der Waals surface area contributed by atoms with E-state index < -0.39 is 0 Å². The Morgan fingerprint density at radius 3 is 1.62 bits per heavy atom. The summed E-state index contributed by atoms with van der Waals surface area (Å²) in [5.74, 6) is 0. The number of hydrogen-bond donors (Lipinski definition) is 0. The van der Waals surface area contributed by atoms with Crippen molar-refractivity contribution >= 4 is 12.4 Å². The zero-order valence-electron chi connectivity index (χ0n) is 8.72. The van der Waals surface area contributed by atoms with Crippen LogP contribution >= 0.6 is 0 Å². The van der Waals surface area contributed by atoms with Crippen LogP contribution in [0.3, 0.4) is 0 Å². The molecule has 16 heavy (non-hydrogen) atoms. The molecule has 0 spiro atoms. The Morgan fingerprint density at radius 2 is 1.31 bits per heavy atom. The van der Waals surface area contributed by atoms with E-state index in [1.165, 1.54) is 0 Å². The van der Waals surface area contributed by atoms with Gasteiger partial charge in [0.1, 0.15) is 0 Å². The van der Waals surface area contributed by atoms with Crippen LogP contribution in [0.4, 0.5) is 0 Å². The average Bonchev–Trinajstić information content (AvgIpc) is 2.06. The molecule has 1 rings (SSSR count). The topological polar surface area (TPSA) is 37.6 Å². The van der Waals surface area contributed by atoms with E-state index in [-0.39, 0.29) is 54.3 Å². The van der Waals surface area contributed by atoms with Crippen molar-refractivity contribution in [2.45, 2.75) is 0 Å². The molecule has 1 aromatic heterocycles. The minimum absolute atomic E-state index is 0. The number of halogens is 3. The molecule has 91 valence electrons. The largest absolute Gasteiger partial charge is 3.00 e. The standard InChI is InChI=1S/C9H11N3.3ClH.Fe/c1-10-6-8-4-3-5-9(12-8)7-11-2;;;;/h3-7H,1-2H3;3*1H;/q;;;;+3/p-3. The van der Waals surface area contributed by atoms with Gasteiger partial charge < -0.3 is 37.2 Å². The van der Waals surface area contributed by atoms with Gasteiger partial charge in [0.2, 0.25) is 0 Å². The SMILES string of the molecule is CN=Cc1cccc(C=NC)n1.[Cl-].[Cl-].[Cl-].[Fe+3]. The molecule has 0 unspecified atom stereocenters. The Bertz CT molecular complexity index is 291. The Kier molecular flexibility index (Phi) is 23.2. The summed E-state index contributed by atoms with van der Waals surface area (Å²) in [4.78, 5) is 12.0. The number of pyridine rings is 1. The van der Waals surface area contributed by atoms with Gasteiger partial charge in [0, 0.05) is 26.5 Å². The number of nitrogens with zero attached hydrogens (tertiary/aromatic N) is 3. The maximum atomic E-state index is 4.25. The second-order valence-electron chi connectivity index (χ2n) is 2.26. The van der Waals surface area contributed by atoms with Crippen LogP contribution in [0.5, 0.6) is 0 Å². The molecule has 0 saturated heterocycles. The summed E-state index contributed by atoms with van der Waals surface area (Å²) in [5, 5.41) is 0. The molecular weight excluding hydrogens is 312 g/mol. The van der Waals surface area contributed by atoms with Crippen LogP contribution in [0.1, 0.15) is 11.4 Å². The van der Waals surface area contributed by atoms with Crippen LogP contribution in [-0.4, -0.2) is 31.5 Å². The Balaban J connectivity index is -0.000000180. The Hall–Kier alpha value is -0.121. The first-order valence-electron chi connectivity index (χ1n) is 3.68. The van der Waals surface area contributed by atoms with Gasteiger partial charge in [0.25, 0.3) is 0 Å². The van der Waals surface area contributed by atoms with Crippen molar-refractivity contribution in [3.05, 3.63) is 29.6 Å². The zero-order valence-corrected chi connectivity index (χ0v) is 12.1. The number of aromatic nitrogens is 1. The summed E-state index contributed by atoms with van der Waals surface area (Å²) < 4.78 is 0.